The molecule has 0 unspecified atom stereocenters. The third-order valence-electron chi connectivity index (χ3n) is 6.44. The first kappa shape index (κ1) is 28.1. The van der Waals surface area contributed by atoms with Crippen molar-refractivity contribution in [3.05, 3.63) is 0 Å². The molecule has 0 aromatic carbocycles. The van der Waals surface area contributed by atoms with Crippen LogP contribution >= 0.6 is 0 Å². The monoisotopic (exact) mass is 498 g/mol. The third-order valence-corrected chi connectivity index (χ3v) is 6.44. The standard InChI is InChI=1S/C21H38O13/c1-5-6-29-19-16(28)18(34-21-15(27)13(25)11(23)8(3)31-21)17(9(4)32-19)33-20-14(26)12(24)10(22)7(2)30-20/h7-28H,5-6H2,1-4H3/t7-,8-,9-,10+,11+,12+,13+,14-,15-,16-,17+,18-,19+,20-,21-/m0/s1. The summed E-state index contributed by atoms with van der Waals surface area (Å²) >= 11 is 0. The number of aliphatic hydroxyl groups is 7. The summed E-state index contributed by atoms with van der Waals surface area (Å²) in [5.74, 6) is 0. The fourth-order valence-corrected chi connectivity index (χ4v) is 4.27. The summed E-state index contributed by atoms with van der Waals surface area (Å²) in [5.41, 5.74) is 0. The van der Waals surface area contributed by atoms with E-state index in [1.807, 2.05) is 6.92 Å². The Labute approximate surface area is 197 Å². The van der Waals surface area contributed by atoms with Crippen LogP contribution in [-0.2, 0) is 28.4 Å². The summed E-state index contributed by atoms with van der Waals surface area (Å²) in [6.45, 7) is 6.75. The van der Waals surface area contributed by atoms with Crippen molar-refractivity contribution < 1.29 is 64.2 Å². The van der Waals surface area contributed by atoms with Crippen molar-refractivity contribution in [3.8, 4) is 0 Å². The SMILES string of the molecule is CCCO[C@@H]1O[C@@H](C)[C@@H](O[C@@H]2O[C@@H](C)[C@@H](O)[C@@H](O)[C@@H]2O)[C@@H](O[C@@H]2O[C@@H](C)[C@@H](O)[C@@H](O)[C@@H]2O)[C@@H]1O. The fraction of sp³-hybridized carbons (Fsp3) is 1.00. The van der Waals surface area contributed by atoms with Gasteiger partial charge in [-0.2, -0.15) is 0 Å². The largest absolute Gasteiger partial charge is 0.388 e. The first-order valence-corrected chi connectivity index (χ1v) is 11.6. The van der Waals surface area contributed by atoms with Crippen LogP contribution in [0.5, 0.6) is 0 Å². The van der Waals surface area contributed by atoms with Gasteiger partial charge in [-0.05, 0) is 27.2 Å². The molecular weight excluding hydrogens is 460 g/mol. The summed E-state index contributed by atoms with van der Waals surface area (Å²) in [7, 11) is 0. The molecule has 0 aromatic rings. The Hall–Kier alpha value is -0.520. The second kappa shape index (κ2) is 11.7. The maximum absolute atomic E-state index is 11.0. The molecule has 0 amide bonds. The van der Waals surface area contributed by atoms with Gasteiger partial charge in [0, 0.05) is 6.61 Å². The predicted molar refractivity (Wildman–Crippen MR) is 111 cm³/mol. The molecular formula is C21H38O13. The van der Waals surface area contributed by atoms with Gasteiger partial charge >= 0.3 is 0 Å². The van der Waals surface area contributed by atoms with Crippen LogP contribution in [0.25, 0.3) is 0 Å². The van der Waals surface area contributed by atoms with Crippen molar-refractivity contribution in [2.75, 3.05) is 6.61 Å². The van der Waals surface area contributed by atoms with E-state index in [9.17, 15) is 35.7 Å². The number of rotatable bonds is 7. The van der Waals surface area contributed by atoms with E-state index in [1.54, 1.807) is 6.92 Å². The molecule has 0 saturated carbocycles. The molecule has 3 rings (SSSR count). The second-order valence-corrected chi connectivity index (χ2v) is 9.14. The summed E-state index contributed by atoms with van der Waals surface area (Å²) in [5, 5.41) is 71.9. The molecule has 13 nitrogen and oxygen atoms in total. The van der Waals surface area contributed by atoms with Gasteiger partial charge in [-0.25, -0.2) is 0 Å². The van der Waals surface area contributed by atoms with Crippen LogP contribution in [0.3, 0.4) is 0 Å². The lowest BCUT2D eigenvalue weighted by molar-refractivity contribution is -0.381. The smallest absolute Gasteiger partial charge is 0.187 e. The van der Waals surface area contributed by atoms with E-state index < -0.39 is 92.1 Å². The van der Waals surface area contributed by atoms with E-state index >= 15 is 0 Å². The lowest BCUT2D eigenvalue weighted by Gasteiger charge is -2.48. The molecule has 7 N–H and O–H groups in total. The van der Waals surface area contributed by atoms with Gasteiger partial charge in [-0.3, -0.25) is 0 Å². The van der Waals surface area contributed by atoms with Crippen molar-refractivity contribution in [3.63, 3.8) is 0 Å². The summed E-state index contributed by atoms with van der Waals surface area (Å²) < 4.78 is 34.1. The number of hydrogen-bond acceptors (Lipinski definition) is 13. The van der Waals surface area contributed by atoms with Gasteiger partial charge in [-0.1, -0.05) is 6.92 Å². The van der Waals surface area contributed by atoms with E-state index in [4.69, 9.17) is 28.4 Å². The maximum Gasteiger partial charge on any atom is 0.187 e. The predicted octanol–water partition coefficient (Wildman–Crippen LogP) is -3.06. The van der Waals surface area contributed by atoms with Crippen molar-refractivity contribution in [2.45, 2.75) is 126 Å². The molecule has 0 aliphatic carbocycles. The lowest BCUT2D eigenvalue weighted by atomic mass is 9.96. The zero-order chi connectivity index (χ0) is 25.3. The molecule has 0 spiro atoms. The van der Waals surface area contributed by atoms with Gasteiger partial charge in [0.05, 0.1) is 18.3 Å². The number of ether oxygens (including phenoxy) is 6. The minimum Gasteiger partial charge on any atom is -0.388 e. The topological polar surface area (TPSA) is 197 Å². The van der Waals surface area contributed by atoms with Crippen molar-refractivity contribution in [1.29, 1.82) is 0 Å². The first-order valence-electron chi connectivity index (χ1n) is 11.6. The molecule has 3 aliphatic rings. The molecule has 3 aliphatic heterocycles. The first-order chi connectivity index (χ1) is 16.0. The maximum atomic E-state index is 11.0. The van der Waals surface area contributed by atoms with Gasteiger partial charge in [0.15, 0.2) is 18.9 Å². The highest BCUT2D eigenvalue weighted by molar-refractivity contribution is 4.95. The van der Waals surface area contributed by atoms with E-state index in [-0.39, 0.29) is 6.61 Å². The van der Waals surface area contributed by atoms with Crippen LogP contribution < -0.4 is 0 Å². The zero-order valence-electron chi connectivity index (χ0n) is 19.7. The third kappa shape index (κ3) is 5.72. The Bertz CT molecular complexity index is 640. The quantitative estimate of drug-likeness (QED) is 0.187. The van der Waals surface area contributed by atoms with Crippen molar-refractivity contribution in [2.24, 2.45) is 0 Å². The Morgan fingerprint density at radius 2 is 0.971 bits per heavy atom. The number of aliphatic hydroxyl groups excluding tert-OH is 7. The second-order valence-electron chi connectivity index (χ2n) is 9.14. The molecule has 3 fully saturated rings. The summed E-state index contributed by atoms with van der Waals surface area (Å²) in [4.78, 5) is 0. The zero-order valence-corrected chi connectivity index (χ0v) is 19.7. The van der Waals surface area contributed by atoms with Crippen LogP contribution in [0.4, 0.5) is 0 Å². The van der Waals surface area contributed by atoms with Crippen LogP contribution in [0.1, 0.15) is 34.1 Å². The summed E-state index contributed by atoms with van der Waals surface area (Å²) in [6.07, 6.45) is -18.7. The van der Waals surface area contributed by atoms with Crippen LogP contribution in [0, 0.1) is 0 Å². The van der Waals surface area contributed by atoms with E-state index in [0.29, 0.717) is 6.42 Å². The van der Waals surface area contributed by atoms with Crippen molar-refractivity contribution >= 4 is 0 Å². The van der Waals surface area contributed by atoms with E-state index in [0.717, 1.165) is 0 Å². The fourth-order valence-electron chi connectivity index (χ4n) is 4.27. The molecule has 0 bridgehead atoms. The Morgan fingerprint density at radius 3 is 1.44 bits per heavy atom. The molecule has 13 heteroatoms. The van der Waals surface area contributed by atoms with Crippen LogP contribution in [0.15, 0.2) is 0 Å². The van der Waals surface area contributed by atoms with Gasteiger partial charge in [0.1, 0.15) is 54.9 Å². The lowest BCUT2D eigenvalue weighted by Crippen LogP contribution is -2.65. The van der Waals surface area contributed by atoms with Crippen LogP contribution in [-0.4, -0.2) is 134 Å². The van der Waals surface area contributed by atoms with Gasteiger partial charge in [0.25, 0.3) is 0 Å². The highest BCUT2D eigenvalue weighted by atomic mass is 16.8. The highest BCUT2D eigenvalue weighted by Gasteiger charge is 2.52. The molecule has 3 heterocycles. The van der Waals surface area contributed by atoms with Crippen molar-refractivity contribution in [1.82, 2.24) is 0 Å². The minimum atomic E-state index is -1.64. The molecule has 15 atom stereocenters. The molecule has 34 heavy (non-hydrogen) atoms. The molecule has 0 aromatic heterocycles. The molecule has 200 valence electrons. The number of hydrogen-bond donors (Lipinski definition) is 7. The summed E-state index contributed by atoms with van der Waals surface area (Å²) in [6, 6.07) is 0. The average Bonchev–Trinajstić information content (AvgIpc) is 2.80. The Kier molecular flexibility index (Phi) is 9.64. The Morgan fingerprint density at radius 1 is 0.529 bits per heavy atom. The molecule has 3 saturated heterocycles. The minimum absolute atomic E-state index is 0.281. The molecule has 0 radical (unpaired) electrons. The van der Waals surface area contributed by atoms with E-state index in [1.165, 1.54) is 13.8 Å². The Balaban J connectivity index is 1.82. The highest BCUT2D eigenvalue weighted by Crippen LogP contribution is 2.33. The van der Waals surface area contributed by atoms with E-state index in [2.05, 4.69) is 0 Å². The van der Waals surface area contributed by atoms with Crippen LogP contribution in [0.2, 0.25) is 0 Å². The van der Waals surface area contributed by atoms with Gasteiger partial charge in [-0.15, -0.1) is 0 Å². The van der Waals surface area contributed by atoms with Gasteiger partial charge < -0.3 is 64.2 Å². The van der Waals surface area contributed by atoms with Gasteiger partial charge in [0.2, 0.25) is 0 Å². The normalized spacial score (nSPS) is 52.5. The average molecular weight is 499 g/mol.